The molecule has 0 amide bonds. The van der Waals surface area contributed by atoms with Crippen molar-refractivity contribution in [2.75, 3.05) is 7.11 Å². The van der Waals surface area contributed by atoms with Gasteiger partial charge in [-0.25, -0.2) is 0 Å². The van der Waals surface area contributed by atoms with E-state index >= 15 is 0 Å². The first-order chi connectivity index (χ1) is 9.63. The molecule has 0 bridgehead atoms. The van der Waals surface area contributed by atoms with Crippen LogP contribution in [-0.4, -0.2) is 18.0 Å². The van der Waals surface area contributed by atoms with Gasteiger partial charge in [0.15, 0.2) is 0 Å². The van der Waals surface area contributed by atoms with E-state index < -0.39 is 4.92 Å². The van der Waals surface area contributed by atoms with Crippen LogP contribution in [0.3, 0.4) is 0 Å². The van der Waals surface area contributed by atoms with Gasteiger partial charge in [-0.15, -0.1) is 0 Å². The molecule has 0 aromatic heterocycles. The van der Waals surface area contributed by atoms with E-state index in [4.69, 9.17) is 4.74 Å². The van der Waals surface area contributed by atoms with Gasteiger partial charge in [-0.3, -0.25) is 14.9 Å². The van der Waals surface area contributed by atoms with Crippen molar-refractivity contribution in [2.45, 2.75) is 38.0 Å². The van der Waals surface area contributed by atoms with Gasteiger partial charge in [0.25, 0.3) is 5.69 Å². The summed E-state index contributed by atoms with van der Waals surface area (Å²) in [7, 11) is 1.40. The molecule has 2 unspecified atom stereocenters. The number of rotatable bonds is 3. The fourth-order valence-electron chi connectivity index (χ4n) is 3.01. The maximum atomic E-state index is 12.0. The van der Waals surface area contributed by atoms with E-state index in [-0.39, 0.29) is 23.5 Å². The lowest BCUT2D eigenvalue weighted by Crippen LogP contribution is -2.23. The average molecular weight is 277 g/mol. The number of carbonyl (C=O) groups is 1. The first-order valence-electron chi connectivity index (χ1n) is 6.95. The van der Waals surface area contributed by atoms with Crippen molar-refractivity contribution in [3.05, 3.63) is 39.9 Å². The SMILES string of the molecule is COC(=O)C1CCCCCC1c1cccc([N+](=O)[O-])c1. The molecule has 0 N–H and O–H groups in total. The molecule has 5 heteroatoms. The van der Waals surface area contributed by atoms with Crippen molar-refractivity contribution in [1.82, 2.24) is 0 Å². The van der Waals surface area contributed by atoms with Crippen molar-refractivity contribution < 1.29 is 14.5 Å². The zero-order valence-electron chi connectivity index (χ0n) is 11.6. The van der Waals surface area contributed by atoms with Gasteiger partial charge in [0.1, 0.15) is 0 Å². The molecule has 1 aromatic carbocycles. The number of hydrogen-bond donors (Lipinski definition) is 0. The van der Waals surface area contributed by atoms with Crippen molar-refractivity contribution in [1.29, 1.82) is 0 Å². The average Bonchev–Trinajstić information content (AvgIpc) is 2.72. The third-order valence-electron chi connectivity index (χ3n) is 4.03. The lowest BCUT2D eigenvalue weighted by atomic mass is 9.82. The van der Waals surface area contributed by atoms with E-state index in [9.17, 15) is 14.9 Å². The van der Waals surface area contributed by atoms with Gasteiger partial charge in [0, 0.05) is 12.1 Å². The number of esters is 1. The first kappa shape index (κ1) is 14.5. The molecule has 2 atom stereocenters. The summed E-state index contributed by atoms with van der Waals surface area (Å²) in [5.74, 6) is -0.377. The lowest BCUT2D eigenvalue weighted by molar-refractivity contribution is -0.384. The fraction of sp³-hybridized carbons (Fsp3) is 0.533. The number of methoxy groups -OCH3 is 1. The monoisotopic (exact) mass is 277 g/mol. The molecule has 1 aliphatic rings. The van der Waals surface area contributed by atoms with Crippen LogP contribution >= 0.6 is 0 Å². The minimum absolute atomic E-state index is 0.0184. The Morgan fingerprint density at radius 1 is 1.30 bits per heavy atom. The van der Waals surface area contributed by atoms with Gasteiger partial charge in [0.2, 0.25) is 0 Å². The summed E-state index contributed by atoms with van der Waals surface area (Å²) >= 11 is 0. The highest BCUT2D eigenvalue weighted by atomic mass is 16.6. The summed E-state index contributed by atoms with van der Waals surface area (Å²) in [6.45, 7) is 0. The van der Waals surface area contributed by atoms with E-state index in [1.165, 1.54) is 13.2 Å². The van der Waals surface area contributed by atoms with E-state index in [1.807, 2.05) is 6.07 Å². The number of non-ortho nitro benzene ring substituents is 1. The normalized spacial score (nSPS) is 22.9. The van der Waals surface area contributed by atoms with Crippen LogP contribution in [0.25, 0.3) is 0 Å². The second kappa shape index (κ2) is 6.50. The van der Waals surface area contributed by atoms with Crippen LogP contribution in [0.1, 0.15) is 43.6 Å². The summed E-state index contributed by atoms with van der Waals surface area (Å²) in [5.41, 5.74) is 0.951. The highest BCUT2D eigenvalue weighted by Crippen LogP contribution is 2.38. The Kier molecular flexibility index (Phi) is 4.71. The number of ether oxygens (including phenoxy) is 1. The van der Waals surface area contributed by atoms with Crippen LogP contribution in [0.15, 0.2) is 24.3 Å². The molecule has 20 heavy (non-hydrogen) atoms. The zero-order chi connectivity index (χ0) is 14.5. The molecule has 0 saturated heterocycles. The number of nitrogens with zero attached hydrogens (tertiary/aromatic N) is 1. The van der Waals surface area contributed by atoms with Crippen molar-refractivity contribution in [2.24, 2.45) is 5.92 Å². The molecule has 5 nitrogen and oxygen atoms in total. The second-order valence-electron chi connectivity index (χ2n) is 5.23. The highest BCUT2D eigenvalue weighted by Gasteiger charge is 2.32. The van der Waals surface area contributed by atoms with Gasteiger partial charge >= 0.3 is 5.97 Å². The van der Waals surface area contributed by atoms with Crippen molar-refractivity contribution >= 4 is 11.7 Å². The van der Waals surface area contributed by atoms with Crippen molar-refractivity contribution in [3.8, 4) is 0 Å². The molecule has 1 fully saturated rings. The molecule has 0 radical (unpaired) electrons. The molecular formula is C15H19NO4. The Hall–Kier alpha value is -1.91. The number of benzene rings is 1. The Morgan fingerprint density at radius 3 is 2.75 bits per heavy atom. The predicted molar refractivity (Wildman–Crippen MR) is 74.4 cm³/mol. The van der Waals surface area contributed by atoms with Crippen LogP contribution in [-0.2, 0) is 9.53 Å². The molecular weight excluding hydrogens is 258 g/mol. The van der Waals surface area contributed by atoms with E-state index in [1.54, 1.807) is 12.1 Å². The van der Waals surface area contributed by atoms with Gasteiger partial charge in [-0.1, -0.05) is 31.4 Å². The molecule has 0 aliphatic heterocycles. The standard InChI is InChI=1S/C15H19NO4/c1-20-15(17)14-9-4-2-3-8-13(14)11-6-5-7-12(10-11)16(18)19/h5-7,10,13-14H,2-4,8-9H2,1H3. The molecule has 1 aromatic rings. The Labute approximate surface area is 118 Å². The third kappa shape index (κ3) is 3.15. The topological polar surface area (TPSA) is 69.4 Å². The second-order valence-corrected chi connectivity index (χ2v) is 5.23. The van der Waals surface area contributed by atoms with E-state index in [0.29, 0.717) is 0 Å². The van der Waals surface area contributed by atoms with Gasteiger partial charge < -0.3 is 4.74 Å². The number of hydrogen-bond acceptors (Lipinski definition) is 4. The maximum absolute atomic E-state index is 12.0. The molecule has 108 valence electrons. The minimum atomic E-state index is -0.395. The van der Waals surface area contributed by atoms with E-state index in [0.717, 1.165) is 37.7 Å². The molecule has 1 aliphatic carbocycles. The molecule has 0 heterocycles. The largest absolute Gasteiger partial charge is 0.469 e. The van der Waals surface area contributed by atoms with Crippen LogP contribution in [0.4, 0.5) is 5.69 Å². The summed E-state index contributed by atoms with van der Waals surface area (Å²) in [5, 5.41) is 10.9. The summed E-state index contributed by atoms with van der Waals surface area (Å²) in [6, 6.07) is 6.63. The van der Waals surface area contributed by atoms with Gasteiger partial charge in [-0.2, -0.15) is 0 Å². The van der Waals surface area contributed by atoms with Crippen LogP contribution in [0.2, 0.25) is 0 Å². The molecule has 2 rings (SSSR count). The Bertz CT molecular complexity index is 500. The number of nitro groups is 1. The van der Waals surface area contributed by atoms with Crippen LogP contribution in [0, 0.1) is 16.0 Å². The van der Waals surface area contributed by atoms with Crippen LogP contribution in [0.5, 0.6) is 0 Å². The zero-order valence-corrected chi connectivity index (χ0v) is 11.6. The lowest BCUT2D eigenvalue weighted by Gasteiger charge is -2.23. The Morgan fingerprint density at radius 2 is 2.05 bits per heavy atom. The fourth-order valence-corrected chi connectivity index (χ4v) is 3.01. The van der Waals surface area contributed by atoms with Crippen LogP contribution < -0.4 is 0 Å². The summed E-state index contributed by atoms with van der Waals surface area (Å²) < 4.78 is 4.90. The molecule has 0 spiro atoms. The van der Waals surface area contributed by atoms with E-state index in [2.05, 4.69) is 0 Å². The third-order valence-corrected chi connectivity index (χ3v) is 4.03. The predicted octanol–water partition coefficient (Wildman–Crippen LogP) is 3.43. The van der Waals surface area contributed by atoms with Gasteiger partial charge in [-0.05, 0) is 24.3 Å². The molecule has 1 saturated carbocycles. The summed E-state index contributed by atoms with van der Waals surface area (Å²) in [6.07, 6.45) is 4.81. The van der Waals surface area contributed by atoms with Crippen molar-refractivity contribution in [3.63, 3.8) is 0 Å². The summed E-state index contributed by atoms with van der Waals surface area (Å²) in [4.78, 5) is 22.5. The minimum Gasteiger partial charge on any atom is -0.469 e. The maximum Gasteiger partial charge on any atom is 0.309 e. The number of carbonyl (C=O) groups excluding carboxylic acids is 1. The smallest absolute Gasteiger partial charge is 0.309 e. The number of nitro benzene ring substituents is 1. The quantitative estimate of drug-likeness (QED) is 0.367. The Balaban J connectivity index is 2.32. The van der Waals surface area contributed by atoms with Gasteiger partial charge in [0.05, 0.1) is 18.0 Å². The first-order valence-corrected chi connectivity index (χ1v) is 6.95. The highest BCUT2D eigenvalue weighted by molar-refractivity contribution is 5.73.